The van der Waals surface area contributed by atoms with Gasteiger partial charge in [0.1, 0.15) is 5.75 Å². The molecule has 6 nitrogen and oxygen atoms in total. The van der Waals surface area contributed by atoms with E-state index in [1.165, 1.54) is 30.6 Å². The Morgan fingerprint density at radius 2 is 1.55 bits per heavy atom. The Kier molecular flexibility index (Phi) is 6.31. The topological polar surface area (TPSA) is 75.7 Å². The van der Waals surface area contributed by atoms with Gasteiger partial charge in [-0.25, -0.2) is 8.42 Å². The highest BCUT2D eigenvalue weighted by atomic mass is 32.2. The van der Waals surface area contributed by atoms with E-state index >= 15 is 0 Å². The summed E-state index contributed by atoms with van der Waals surface area (Å²) in [6, 6.07) is 22.3. The molecule has 0 atom stereocenters. The van der Waals surface area contributed by atoms with Crippen LogP contribution in [0.15, 0.2) is 83.8 Å². The van der Waals surface area contributed by atoms with Crippen molar-refractivity contribution in [3.63, 3.8) is 0 Å². The van der Waals surface area contributed by atoms with E-state index in [0.29, 0.717) is 17.0 Å². The summed E-state index contributed by atoms with van der Waals surface area (Å²) in [5.41, 5.74) is 1.99. The lowest BCUT2D eigenvalue weighted by Crippen LogP contribution is -2.26. The highest BCUT2D eigenvalue weighted by molar-refractivity contribution is 7.89. The van der Waals surface area contributed by atoms with Crippen molar-refractivity contribution in [3.05, 3.63) is 90.0 Å². The molecule has 0 aliphatic heterocycles. The standard InChI is InChI=1S/C22H22N2O4S/c1-24(29(26,27)21-14-12-20(28-2)13-15-21)16-17-8-10-18(11-9-17)22(25)23-19-6-4-3-5-7-19/h3-15H,16H2,1-2H3,(H,23,25). The zero-order chi connectivity index (χ0) is 20.9. The molecular formula is C22H22N2O4S. The number of sulfonamides is 1. The molecule has 1 N–H and O–H groups in total. The molecule has 0 bridgehead atoms. The minimum atomic E-state index is -3.63. The summed E-state index contributed by atoms with van der Waals surface area (Å²) in [5.74, 6) is 0.373. The predicted octanol–water partition coefficient (Wildman–Crippen LogP) is 3.77. The number of carbonyl (C=O) groups excluding carboxylic acids is 1. The van der Waals surface area contributed by atoms with Crippen LogP contribution in [0, 0.1) is 0 Å². The molecule has 0 saturated carbocycles. The third kappa shape index (κ3) is 5.01. The van der Waals surface area contributed by atoms with Crippen molar-refractivity contribution in [2.45, 2.75) is 11.4 Å². The van der Waals surface area contributed by atoms with E-state index in [1.807, 2.05) is 30.3 Å². The van der Waals surface area contributed by atoms with Gasteiger partial charge in [-0.3, -0.25) is 4.79 Å². The average molecular weight is 410 g/mol. The van der Waals surface area contributed by atoms with Gasteiger partial charge in [-0.1, -0.05) is 30.3 Å². The van der Waals surface area contributed by atoms with Gasteiger partial charge in [0, 0.05) is 24.8 Å². The quantitative estimate of drug-likeness (QED) is 0.643. The minimum Gasteiger partial charge on any atom is -0.497 e. The average Bonchev–Trinajstić information content (AvgIpc) is 2.75. The molecule has 29 heavy (non-hydrogen) atoms. The van der Waals surface area contributed by atoms with Crippen LogP contribution in [0.25, 0.3) is 0 Å². The molecule has 0 saturated heterocycles. The zero-order valence-corrected chi connectivity index (χ0v) is 17.0. The maximum Gasteiger partial charge on any atom is 0.255 e. The Labute approximate surface area is 170 Å². The Morgan fingerprint density at radius 1 is 0.931 bits per heavy atom. The molecule has 0 unspecified atom stereocenters. The van der Waals surface area contributed by atoms with Crippen LogP contribution in [-0.4, -0.2) is 32.8 Å². The fraction of sp³-hybridized carbons (Fsp3) is 0.136. The first-order chi connectivity index (χ1) is 13.9. The lowest BCUT2D eigenvalue weighted by atomic mass is 10.1. The van der Waals surface area contributed by atoms with Crippen molar-refractivity contribution in [1.82, 2.24) is 4.31 Å². The molecule has 0 fully saturated rings. The van der Waals surface area contributed by atoms with E-state index in [0.717, 1.165) is 5.56 Å². The maximum atomic E-state index is 12.7. The molecule has 150 valence electrons. The van der Waals surface area contributed by atoms with Crippen LogP contribution in [0.2, 0.25) is 0 Å². The number of anilines is 1. The van der Waals surface area contributed by atoms with Crippen LogP contribution < -0.4 is 10.1 Å². The van der Waals surface area contributed by atoms with Crippen molar-refractivity contribution in [2.24, 2.45) is 0 Å². The van der Waals surface area contributed by atoms with Crippen molar-refractivity contribution in [2.75, 3.05) is 19.5 Å². The molecule has 3 aromatic carbocycles. The number of methoxy groups -OCH3 is 1. The van der Waals surface area contributed by atoms with Crippen LogP contribution in [0.5, 0.6) is 5.75 Å². The largest absolute Gasteiger partial charge is 0.497 e. The fourth-order valence-electron chi connectivity index (χ4n) is 2.76. The SMILES string of the molecule is COc1ccc(S(=O)(=O)N(C)Cc2ccc(C(=O)Nc3ccccc3)cc2)cc1. The van der Waals surface area contributed by atoms with Crippen LogP contribution in [0.3, 0.4) is 0 Å². The number of nitrogens with zero attached hydrogens (tertiary/aromatic N) is 1. The Balaban J connectivity index is 1.67. The molecule has 7 heteroatoms. The number of para-hydroxylation sites is 1. The fourth-order valence-corrected chi connectivity index (χ4v) is 3.91. The molecule has 0 heterocycles. The summed E-state index contributed by atoms with van der Waals surface area (Å²) in [4.78, 5) is 12.5. The van der Waals surface area contributed by atoms with Crippen molar-refractivity contribution in [1.29, 1.82) is 0 Å². The number of amides is 1. The van der Waals surface area contributed by atoms with E-state index in [2.05, 4.69) is 5.32 Å². The Bertz CT molecular complexity index is 1060. The number of rotatable bonds is 7. The summed E-state index contributed by atoms with van der Waals surface area (Å²) in [5, 5.41) is 2.82. The molecule has 0 aliphatic rings. The molecule has 0 spiro atoms. The van der Waals surface area contributed by atoms with Gasteiger partial charge in [-0.2, -0.15) is 4.31 Å². The maximum absolute atomic E-state index is 12.7. The third-order valence-corrected chi connectivity index (χ3v) is 6.24. The first-order valence-corrected chi connectivity index (χ1v) is 10.4. The highest BCUT2D eigenvalue weighted by Gasteiger charge is 2.21. The predicted molar refractivity (Wildman–Crippen MR) is 112 cm³/mol. The second-order valence-electron chi connectivity index (χ2n) is 6.45. The number of hydrogen-bond acceptors (Lipinski definition) is 4. The van der Waals surface area contributed by atoms with Gasteiger partial charge in [0.15, 0.2) is 0 Å². The summed E-state index contributed by atoms with van der Waals surface area (Å²) < 4.78 is 31.8. The Hall–Kier alpha value is -3.16. The number of nitrogens with one attached hydrogen (secondary N) is 1. The van der Waals surface area contributed by atoms with E-state index in [-0.39, 0.29) is 17.3 Å². The molecule has 0 radical (unpaired) electrons. The van der Waals surface area contributed by atoms with Gasteiger partial charge in [0.25, 0.3) is 5.91 Å². The smallest absolute Gasteiger partial charge is 0.255 e. The second kappa shape index (κ2) is 8.89. The first-order valence-electron chi connectivity index (χ1n) is 8.96. The molecule has 1 amide bonds. The van der Waals surface area contributed by atoms with Gasteiger partial charge < -0.3 is 10.1 Å². The van der Waals surface area contributed by atoms with Gasteiger partial charge in [-0.05, 0) is 54.1 Å². The molecular weight excluding hydrogens is 388 g/mol. The van der Waals surface area contributed by atoms with Crippen LogP contribution in [0.1, 0.15) is 15.9 Å². The normalized spacial score (nSPS) is 11.3. The van der Waals surface area contributed by atoms with Crippen molar-refractivity contribution < 1.29 is 17.9 Å². The lowest BCUT2D eigenvalue weighted by molar-refractivity contribution is 0.102. The van der Waals surface area contributed by atoms with Crippen molar-refractivity contribution in [3.8, 4) is 5.75 Å². The number of ether oxygens (including phenoxy) is 1. The van der Waals surface area contributed by atoms with Gasteiger partial charge in [0.2, 0.25) is 10.0 Å². The van der Waals surface area contributed by atoms with Gasteiger partial charge in [0.05, 0.1) is 12.0 Å². The molecule has 3 rings (SSSR count). The van der Waals surface area contributed by atoms with E-state index in [9.17, 15) is 13.2 Å². The summed E-state index contributed by atoms with van der Waals surface area (Å²) >= 11 is 0. The number of benzene rings is 3. The number of carbonyl (C=O) groups is 1. The molecule has 0 aliphatic carbocycles. The van der Waals surface area contributed by atoms with Crippen LogP contribution in [0.4, 0.5) is 5.69 Å². The second-order valence-corrected chi connectivity index (χ2v) is 8.50. The van der Waals surface area contributed by atoms with E-state index in [4.69, 9.17) is 4.74 Å². The summed E-state index contributed by atoms with van der Waals surface area (Å²) in [6.07, 6.45) is 0. The van der Waals surface area contributed by atoms with Crippen LogP contribution in [-0.2, 0) is 16.6 Å². The minimum absolute atomic E-state index is 0.189. The Morgan fingerprint density at radius 3 is 2.14 bits per heavy atom. The van der Waals surface area contributed by atoms with E-state index in [1.54, 1.807) is 36.4 Å². The van der Waals surface area contributed by atoms with Gasteiger partial charge in [-0.15, -0.1) is 0 Å². The monoisotopic (exact) mass is 410 g/mol. The summed E-state index contributed by atoms with van der Waals surface area (Å²) in [6.45, 7) is 0.189. The van der Waals surface area contributed by atoms with Crippen LogP contribution >= 0.6 is 0 Å². The lowest BCUT2D eigenvalue weighted by Gasteiger charge is -2.17. The van der Waals surface area contributed by atoms with E-state index < -0.39 is 10.0 Å². The number of hydrogen-bond donors (Lipinski definition) is 1. The summed E-state index contributed by atoms with van der Waals surface area (Å²) in [7, 11) is -0.580. The first kappa shape index (κ1) is 20.6. The highest BCUT2D eigenvalue weighted by Crippen LogP contribution is 2.20. The molecule has 3 aromatic rings. The van der Waals surface area contributed by atoms with Gasteiger partial charge >= 0.3 is 0 Å². The molecule has 0 aromatic heterocycles. The third-order valence-electron chi connectivity index (χ3n) is 4.42. The zero-order valence-electron chi connectivity index (χ0n) is 16.2. The van der Waals surface area contributed by atoms with Crippen molar-refractivity contribution >= 4 is 21.6 Å².